The maximum absolute atomic E-state index is 13.1. The molecule has 0 aliphatic rings. The molecular weight excluding hydrogens is 324 g/mol. The predicted molar refractivity (Wildman–Crippen MR) is 95.2 cm³/mol. The zero-order valence-corrected chi connectivity index (χ0v) is 16.1. The third-order valence-electron chi connectivity index (χ3n) is 3.80. The van der Waals surface area contributed by atoms with Crippen LogP contribution in [0.4, 0.5) is 0 Å². The van der Waals surface area contributed by atoms with E-state index in [1.165, 1.54) is 3.97 Å². The van der Waals surface area contributed by atoms with E-state index < -0.39 is 10.0 Å². The van der Waals surface area contributed by atoms with Crippen molar-refractivity contribution in [1.82, 2.24) is 8.96 Å². The van der Waals surface area contributed by atoms with Gasteiger partial charge in [-0.2, -0.15) is 0 Å². The molecule has 0 saturated heterocycles. The van der Waals surface area contributed by atoms with Crippen LogP contribution < -0.4 is 4.74 Å². The Balaban J connectivity index is 2.63. The minimum absolute atomic E-state index is 0.228. The minimum atomic E-state index is -3.68. The molecule has 0 fully saturated rings. The average Bonchev–Trinajstić information content (AvgIpc) is 2.88. The molecule has 1 heterocycles. The lowest BCUT2D eigenvalue weighted by molar-refractivity contribution is 0.329. The third kappa shape index (κ3) is 3.48. The molecule has 0 spiro atoms. The molecule has 0 amide bonds. The summed E-state index contributed by atoms with van der Waals surface area (Å²) < 4.78 is 33.1. The lowest BCUT2D eigenvalue weighted by atomic mass is 9.86. The van der Waals surface area contributed by atoms with E-state index in [0.29, 0.717) is 24.5 Å². The van der Waals surface area contributed by atoms with Gasteiger partial charge >= 0.3 is 0 Å². The SMILES string of the molecule is CCOc1ccc(S(=O)(=O)n2cc(C)nc2CC)cc1C(C)(C)C. The van der Waals surface area contributed by atoms with E-state index in [1.807, 2.05) is 34.6 Å². The highest BCUT2D eigenvalue weighted by Crippen LogP contribution is 2.34. The number of nitrogens with zero attached hydrogens (tertiary/aromatic N) is 2. The molecule has 1 aromatic carbocycles. The van der Waals surface area contributed by atoms with Gasteiger partial charge in [0, 0.05) is 18.2 Å². The van der Waals surface area contributed by atoms with E-state index in [1.54, 1.807) is 31.3 Å². The smallest absolute Gasteiger partial charge is 0.269 e. The molecule has 0 radical (unpaired) electrons. The minimum Gasteiger partial charge on any atom is -0.494 e. The zero-order chi connectivity index (χ0) is 18.1. The first kappa shape index (κ1) is 18.5. The molecule has 0 N–H and O–H groups in total. The number of benzene rings is 1. The number of hydrogen-bond acceptors (Lipinski definition) is 4. The molecule has 0 atom stereocenters. The van der Waals surface area contributed by atoms with Crippen molar-refractivity contribution in [2.45, 2.75) is 58.3 Å². The first-order valence-corrected chi connectivity index (χ1v) is 9.63. The van der Waals surface area contributed by atoms with Gasteiger partial charge in [0.25, 0.3) is 10.0 Å². The quantitative estimate of drug-likeness (QED) is 0.825. The first-order valence-electron chi connectivity index (χ1n) is 8.19. The topological polar surface area (TPSA) is 61.2 Å². The van der Waals surface area contributed by atoms with Gasteiger partial charge < -0.3 is 4.74 Å². The van der Waals surface area contributed by atoms with Crippen LogP contribution in [0.3, 0.4) is 0 Å². The maximum atomic E-state index is 13.1. The fourth-order valence-electron chi connectivity index (χ4n) is 2.62. The van der Waals surface area contributed by atoms with Crippen molar-refractivity contribution in [3.05, 3.63) is 41.5 Å². The van der Waals surface area contributed by atoms with Gasteiger partial charge in [-0.25, -0.2) is 17.4 Å². The predicted octanol–water partition coefficient (Wildman–Crippen LogP) is 3.69. The maximum Gasteiger partial charge on any atom is 0.269 e. The van der Waals surface area contributed by atoms with Crippen molar-refractivity contribution < 1.29 is 13.2 Å². The summed E-state index contributed by atoms with van der Waals surface area (Å²) in [6, 6.07) is 5.06. The van der Waals surface area contributed by atoms with Crippen molar-refractivity contribution in [3.63, 3.8) is 0 Å². The summed E-state index contributed by atoms with van der Waals surface area (Å²) in [5.74, 6) is 1.26. The van der Waals surface area contributed by atoms with Crippen molar-refractivity contribution in [2.24, 2.45) is 0 Å². The number of imidazole rings is 1. The molecule has 132 valence electrons. The fourth-order valence-corrected chi connectivity index (χ4v) is 4.09. The van der Waals surface area contributed by atoms with Gasteiger partial charge in [-0.05, 0) is 37.5 Å². The second-order valence-electron chi connectivity index (χ2n) is 6.79. The monoisotopic (exact) mass is 350 g/mol. The molecule has 0 unspecified atom stereocenters. The van der Waals surface area contributed by atoms with Gasteiger partial charge in [-0.15, -0.1) is 0 Å². The van der Waals surface area contributed by atoms with Crippen LogP contribution in [0.25, 0.3) is 0 Å². The Hall–Kier alpha value is -1.82. The molecule has 0 saturated carbocycles. The van der Waals surface area contributed by atoms with Crippen LogP contribution in [0.5, 0.6) is 5.75 Å². The highest BCUT2D eigenvalue weighted by atomic mass is 32.2. The fraction of sp³-hybridized carbons (Fsp3) is 0.500. The highest BCUT2D eigenvalue weighted by Gasteiger charge is 2.25. The lowest BCUT2D eigenvalue weighted by Gasteiger charge is -2.23. The molecule has 5 nitrogen and oxygen atoms in total. The second-order valence-corrected chi connectivity index (χ2v) is 8.61. The first-order chi connectivity index (χ1) is 11.1. The normalized spacial score (nSPS) is 12.4. The van der Waals surface area contributed by atoms with E-state index in [9.17, 15) is 8.42 Å². The summed E-state index contributed by atoms with van der Waals surface area (Å²) in [6.07, 6.45) is 2.12. The van der Waals surface area contributed by atoms with E-state index in [2.05, 4.69) is 4.98 Å². The molecule has 1 aromatic heterocycles. The average molecular weight is 350 g/mol. The summed E-state index contributed by atoms with van der Waals surface area (Å²) in [5, 5.41) is 0. The Morgan fingerprint density at radius 1 is 1.21 bits per heavy atom. The highest BCUT2D eigenvalue weighted by molar-refractivity contribution is 7.90. The van der Waals surface area contributed by atoms with Gasteiger partial charge in [0.1, 0.15) is 11.6 Å². The summed E-state index contributed by atoms with van der Waals surface area (Å²) in [6.45, 7) is 12.3. The van der Waals surface area contributed by atoms with Gasteiger partial charge in [0.2, 0.25) is 0 Å². The Morgan fingerprint density at radius 3 is 2.42 bits per heavy atom. The third-order valence-corrected chi connectivity index (χ3v) is 5.48. The van der Waals surface area contributed by atoms with Gasteiger partial charge in [0.05, 0.1) is 17.2 Å². The van der Waals surface area contributed by atoms with Gasteiger partial charge in [-0.1, -0.05) is 27.7 Å². The van der Waals surface area contributed by atoms with E-state index in [0.717, 1.165) is 11.3 Å². The van der Waals surface area contributed by atoms with Crippen LogP contribution in [0.15, 0.2) is 29.3 Å². The number of aromatic nitrogens is 2. The molecule has 6 heteroatoms. The van der Waals surface area contributed by atoms with Crippen molar-refractivity contribution >= 4 is 10.0 Å². The van der Waals surface area contributed by atoms with Crippen molar-refractivity contribution in [1.29, 1.82) is 0 Å². The Morgan fingerprint density at radius 2 is 1.88 bits per heavy atom. The molecule has 0 bridgehead atoms. The van der Waals surface area contributed by atoms with Crippen LogP contribution in [0.1, 0.15) is 51.7 Å². The zero-order valence-electron chi connectivity index (χ0n) is 15.3. The summed E-state index contributed by atoms with van der Waals surface area (Å²) >= 11 is 0. The molecule has 2 rings (SSSR count). The van der Waals surface area contributed by atoms with Crippen LogP contribution in [0.2, 0.25) is 0 Å². The van der Waals surface area contributed by atoms with Crippen molar-refractivity contribution in [2.75, 3.05) is 6.61 Å². The lowest BCUT2D eigenvalue weighted by Crippen LogP contribution is -2.18. The largest absolute Gasteiger partial charge is 0.494 e. The summed E-state index contributed by atoms with van der Waals surface area (Å²) in [5.41, 5.74) is 1.34. The number of hydrogen-bond donors (Lipinski definition) is 0. The number of ether oxygens (including phenoxy) is 1. The Bertz CT molecular complexity index is 830. The van der Waals surface area contributed by atoms with E-state index >= 15 is 0 Å². The van der Waals surface area contributed by atoms with E-state index in [4.69, 9.17) is 4.74 Å². The van der Waals surface area contributed by atoms with Gasteiger partial charge in [0.15, 0.2) is 0 Å². The summed E-state index contributed by atoms with van der Waals surface area (Å²) in [7, 11) is -3.68. The van der Waals surface area contributed by atoms with Crippen LogP contribution in [0, 0.1) is 6.92 Å². The van der Waals surface area contributed by atoms with Gasteiger partial charge in [-0.3, -0.25) is 0 Å². The molecule has 0 aliphatic heterocycles. The van der Waals surface area contributed by atoms with Crippen LogP contribution in [-0.2, 0) is 21.9 Å². The molecular formula is C18H26N2O3S. The number of rotatable bonds is 5. The number of aryl methyl sites for hydroxylation is 2. The Kier molecular flexibility index (Phi) is 5.08. The standard InChI is InChI=1S/C18H26N2O3S/c1-7-17-19-13(3)12-20(17)24(21,22)14-9-10-16(23-8-2)15(11-14)18(4,5)6/h9-12H,7-8H2,1-6H3. The Labute approximate surface area is 144 Å². The summed E-state index contributed by atoms with van der Waals surface area (Å²) in [4.78, 5) is 4.55. The molecule has 24 heavy (non-hydrogen) atoms. The van der Waals surface area contributed by atoms with Crippen molar-refractivity contribution in [3.8, 4) is 5.75 Å². The van der Waals surface area contributed by atoms with Crippen LogP contribution in [-0.4, -0.2) is 24.0 Å². The molecule has 0 aliphatic carbocycles. The second kappa shape index (κ2) is 6.59. The molecule has 2 aromatic rings. The van der Waals surface area contributed by atoms with Crippen LogP contribution >= 0.6 is 0 Å². The van der Waals surface area contributed by atoms with E-state index in [-0.39, 0.29) is 10.3 Å².